The van der Waals surface area contributed by atoms with Crippen molar-refractivity contribution < 1.29 is 9.53 Å². The molecule has 0 heterocycles. The molecule has 4 heteroatoms. The number of carbonyl (C=O) groups excluding carboxylic acids is 1. The molecule has 1 aromatic carbocycles. The van der Waals surface area contributed by atoms with Crippen molar-refractivity contribution in [2.75, 3.05) is 7.05 Å². The van der Waals surface area contributed by atoms with Crippen LogP contribution in [0.2, 0.25) is 0 Å². The minimum atomic E-state index is -0.267. The molecule has 0 spiro atoms. The lowest BCUT2D eigenvalue weighted by atomic mass is 10.2. The van der Waals surface area contributed by atoms with Crippen molar-refractivity contribution >= 4 is 21.9 Å². The number of hydrogen-bond donors (Lipinski definition) is 1. The molecule has 1 atom stereocenters. The Bertz CT molecular complexity index is 341. The first-order chi connectivity index (χ1) is 7.13. The zero-order chi connectivity index (χ0) is 11.3. The molecule has 1 rings (SSSR count). The van der Waals surface area contributed by atoms with Crippen molar-refractivity contribution in [3.63, 3.8) is 0 Å². The van der Waals surface area contributed by atoms with Crippen LogP contribution in [0.4, 0.5) is 0 Å². The number of esters is 1. The molecule has 3 nitrogen and oxygen atoms in total. The van der Waals surface area contributed by atoms with E-state index < -0.39 is 0 Å². The Labute approximate surface area is 97.9 Å². The summed E-state index contributed by atoms with van der Waals surface area (Å²) in [5.74, 6) is -0.238. The molecule has 0 amide bonds. The van der Waals surface area contributed by atoms with Gasteiger partial charge in [-0.3, -0.25) is 4.79 Å². The third kappa shape index (κ3) is 4.01. The molecule has 15 heavy (non-hydrogen) atoms. The first-order valence-electron chi connectivity index (χ1n) is 4.72. The fraction of sp³-hybridized carbons (Fsp3) is 0.364. The second-order valence-corrected chi connectivity index (χ2v) is 4.16. The summed E-state index contributed by atoms with van der Waals surface area (Å²) >= 11 is 3.36. The van der Waals surface area contributed by atoms with Crippen LogP contribution in [-0.4, -0.2) is 19.1 Å². The largest absolute Gasteiger partial charge is 0.460 e. The maximum atomic E-state index is 11.3. The highest BCUT2D eigenvalue weighted by molar-refractivity contribution is 9.10. The fourth-order valence-corrected chi connectivity index (χ4v) is 1.47. The normalized spacial score (nSPS) is 12.2. The van der Waals surface area contributed by atoms with E-state index >= 15 is 0 Å². The fourth-order valence-electron chi connectivity index (χ4n) is 1.02. The molecule has 82 valence electrons. The average Bonchev–Trinajstić information content (AvgIpc) is 2.25. The Kier molecular flexibility index (Phi) is 4.78. The lowest BCUT2D eigenvalue weighted by molar-refractivity contribution is -0.146. The molecule has 0 bridgehead atoms. The first kappa shape index (κ1) is 12.2. The summed E-state index contributed by atoms with van der Waals surface area (Å²) in [5, 5.41) is 2.83. The number of carbonyl (C=O) groups is 1. The Morgan fingerprint density at radius 2 is 2.33 bits per heavy atom. The molecule has 0 aromatic heterocycles. The molecular weight excluding hydrogens is 258 g/mol. The highest BCUT2D eigenvalue weighted by Gasteiger charge is 2.11. The van der Waals surface area contributed by atoms with Crippen LogP contribution < -0.4 is 5.32 Å². The highest BCUT2D eigenvalue weighted by atomic mass is 79.9. The summed E-state index contributed by atoms with van der Waals surface area (Å²) in [7, 11) is 1.73. The number of halogens is 1. The summed E-state index contributed by atoms with van der Waals surface area (Å²) in [6.07, 6.45) is 0. The SMILES string of the molecule is CNC(C)C(=O)OCc1cccc(Br)c1. The lowest BCUT2D eigenvalue weighted by Crippen LogP contribution is -2.32. The smallest absolute Gasteiger partial charge is 0.323 e. The molecule has 1 N–H and O–H groups in total. The van der Waals surface area contributed by atoms with Crippen LogP contribution in [0.25, 0.3) is 0 Å². The van der Waals surface area contributed by atoms with E-state index in [1.165, 1.54) is 0 Å². The number of nitrogens with one attached hydrogen (secondary N) is 1. The summed E-state index contributed by atoms with van der Waals surface area (Å²) in [6.45, 7) is 2.08. The Balaban J connectivity index is 2.47. The number of likely N-dealkylation sites (N-methyl/N-ethyl adjacent to an activating group) is 1. The van der Waals surface area contributed by atoms with Crippen LogP contribution in [0.5, 0.6) is 0 Å². The second-order valence-electron chi connectivity index (χ2n) is 3.25. The van der Waals surface area contributed by atoms with E-state index in [0.29, 0.717) is 6.61 Å². The van der Waals surface area contributed by atoms with Gasteiger partial charge in [0.15, 0.2) is 0 Å². The van der Waals surface area contributed by atoms with Crippen molar-refractivity contribution in [3.8, 4) is 0 Å². The predicted octanol–water partition coefficient (Wildman–Crippen LogP) is 2.10. The van der Waals surface area contributed by atoms with Gasteiger partial charge in [0.05, 0.1) is 0 Å². The van der Waals surface area contributed by atoms with Gasteiger partial charge < -0.3 is 10.1 Å². The van der Waals surface area contributed by atoms with Gasteiger partial charge in [-0.15, -0.1) is 0 Å². The zero-order valence-electron chi connectivity index (χ0n) is 8.79. The molecule has 0 aliphatic carbocycles. The highest BCUT2D eigenvalue weighted by Crippen LogP contribution is 2.12. The maximum Gasteiger partial charge on any atom is 0.323 e. The molecule has 1 unspecified atom stereocenters. The van der Waals surface area contributed by atoms with Crippen LogP contribution in [0, 0.1) is 0 Å². The minimum Gasteiger partial charge on any atom is -0.460 e. The van der Waals surface area contributed by atoms with E-state index in [4.69, 9.17) is 4.74 Å². The van der Waals surface area contributed by atoms with E-state index in [-0.39, 0.29) is 12.0 Å². The van der Waals surface area contributed by atoms with E-state index in [1.807, 2.05) is 24.3 Å². The lowest BCUT2D eigenvalue weighted by Gasteiger charge is -2.10. The van der Waals surface area contributed by atoms with Gasteiger partial charge in [-0.2, -0.15) is 0 Å². The zero-order valence-corrected chi connectivity index (χ0v) is 10.4. The van der Waals surface area contributed by atoms with Gasteiger partial charge in [0.2, 0.25) is 0 Å². The molecule has 0 saturated carbocycles. The Hall–Kier alpha value is -0.870. The molecule has 0 aliphatic rings. The van der Waals surface area contributed by atoms with Crippen molar-refractivity contribution in [1.82, 2.24) is 5.32 Å². The first-order valence-corrected chi connectivity index (χ1v) is 5.51. The van der Waals surface area contributed by atoms with Crippen LogP contribution >= 0.6 is 15.9 Å². The topological polar surface area (TPSA) is 38.3 Å². The summed E-state index contributed by atoms with van der Waals surface area (Å²) in [4.78, 5) is 11.3. The molecule has 0 fully saturated rings. The third-order valence-electron chi connectivity index (χ3n) is 2.06. The number of hydrogen-bond acceptors (Lipinski definition) is 3. The van der Waals surface area contributed by atoms with Gasteiger partial charge in [0.1, 0.15) is 12.6 Å². The predicted molar refractivity (Wildman–Crippen MR) is 62.5 cm³/mol. The quantitative estimate of drug-likeness (QED) is 0.853. The third-order valence-corrected chi connectivity index (χ3v) is 2.55. The van der Waals surface area contributed by atoms with Crippen molar-refractivity contribution in [3.05, 3.63) is 34.3 Å². The summed E-state index contributed by atoms with van der Waals surface area (Å²) < 4.78 is 6.10. The van der Waals surface area contributed by atoms with Crippen LogP contribution in [0.15, 0.2) is 28.7 Å². The number of ether oxygens (including phenoxy) is 1. The number of rotatable bonds is 4. The van der Waals surface area contributed by atoms with Crippen LogP contribution in [-0.2, 0) is 16.1 Å². The Morgan fingerprint density at radius 1 is 1.60 bits per heavy atom. The number of benzene rings is 1. The molecule has 0 aliphatic heterocycles. The maximum absolute atomic E-state index is 11.3. The standard InChI is InChI=1S/C11H14BrNO2/c1-8(13-2)11(14)15-7-9-4-3-5-10(12)6-9/h3-6,8,13H,7H2,1-2H3. The van der Waals surface area contributed by atoms with Crippen LogP contribution in [0.1, 0.15) is 12.5 Å². The van der Waals surface area contributed by atoms with E-state index in [0.717, 1.165) is 10.0 Å². The molecule has 0 saturated heterocycles. The second kappa shape index (κ2) is 5.88. The summed E-state index contributed by atoms with van der Waals surface area (Å²) in [5.41, 5.74) is 0.973. The van der Waals surface area contributed by atoms with Gasteiger partial charge in [0, 0.05) is 4.47 Å². The van der Waals surface area contributed by atoms with Crippen molar-refractivity contribution in [1.29, 1.82) is 0 Å². The van der Waals surface area contributed by atoms with Crippen LogP contribution in [0.3, 0.4) is 0 Å². The monoisotopic (exact) mass is 271 g/mol. The van der Waals surface area contributed by atoms with E-state index in [1.54, 1.807) is 14.0 Å². The average molecular weight is 272 g/mol. The Morgan fingerprint density at radius 3 is 2.93 bits per heavy atom. The van der Waals surface area contributed by atoms with Gasteiger partial charge in [0.25, 0.3) is 0 Å². The van der Waals surface area contributed by atoms with Crippen molar-refractivity contribution in [2.45, 2.75) is 19.6 Å². The van der Waals surface area contributed by atoms with Gasteiger partial charge >= 0.3 is 5.97 Å². The van der Waals surface area contributed by atoms with Crippen molar-refractivity contribution in [2.24, 2.45) is 0 Å². The van der Waals surface area contributed by atoms with E-state index in [2.05, 4.69) is 21.2 Å². The minimum absolute atomic E-state index is 0.238. The molecular formula is C11H14BrNO2. The van der Waals surface area contributed by atoms with Gasteiger partial charge in [-0.1, -0.05) is 28.1 Å². The van der Waals surface area contributed by atoms with E-state index in [9.17, 15) is 4.79 Å². The summed E-state index contributed by atoms with van der Waals surface area (Å²) in [6, 6.07) is 7.42. The van der Waals surface area contributed by atoms with Gasteiger partial charge in [-0.05, 0) is 31.7 Å². The van der Waals surface area contributed by atoms with Gasteiger partial charge in [-0.25, -0.2) is 0 Å². The molecule has 0 radical (unpaired) electrons. The molecule has 1 aromatic rings.